The second kappa shape index (κ2) is 8.30. The number of rotatable bonds is 5. The van der Waals surface area contributed by atoms with Crippen LogP contribution in [0.5, 0.6) is 5.75 Å². The number of esters is 1. The molecule has 0 radical (unpaired) electrons. The Bertz CT molecular complexity index is 737. The fourth-order valence-electron chi connectivity index (χ4n) is 1.99. The smallest absolute Gasteiger partial charge is 0.337 e. The van der Waals surface area contributed by atoms with E-state index in [2.05, 4.69) is 41.9 Å². The number of methoxy groups -OCH3 is 1. The number of anilines is 1. The Balaban J connectivity index is 2.16. The van der Waals surface area contributed by atoms with E-state index in [1.807, 2.05) is 6.92 Å². The predicted molar refractivity (Wildman–Crippen MR) is 98.7 cm³/mol. The van der Waals surface area contributed by atoms with Crippen molar-refractivity contribution in [3.63, 3.8) is 0 Å². The lowest BCUT2D eigenvalue weighted by Crippen LogP contribution is -2.12. The van der Waals surface area contributed by atoms with Gasteiger partial charge in [0.05, 0.1) is 28.2 Å². The summed E-state index contributed by atoms with van der Waals surface area (Å²) in [6, 6.07) is 9.75. The maximum absolute atomic E-state index is 12.3. The third kappa shape index (κ3) is 4.36. The van der Waals surface area contributed by atoms with Crippen LogP contribution in [0.15, 0.2) is 45.3 Å². The van der Waals surface area contributed by atoms with E-state index in [1.165, 1.54) is 7.11 Å². The van der Waals surface area contributed by atoms with Crippen LogP contribution in [0.2, 0.25) is 0 Å². The van der Waals surface area contributed by atoms with Gasteiger partial charge in [0.15, 0.2) is 0 Å². The van der Waals surface area contributed by atoms with Crippen molar-refractivity contribution in [2.75, 3.05) is 19.0 Å². The molecule has 7 heteroatoms. The van der Waals surface area contributed by atoms with Crippen LogP contribution in [-0.2, 0) is 4.74 Å². The molecule has 0 atom stereocenters. The van der Waals surface area contributed by atoms with E-state index in [0.717, 1.165) is 8.95 Å². The molecule has 0 saturated heterocycles. The third-order valence-corrected chi connectivity index (χ3v) is 4.29. The molecule has 0 aliphatic heterocycles. The Kier molecular flexibility index (Phi) is 6.39. The standard InChI is InChI=1S/C17H15Br2NO4/c1-3-24-15-13(18)8-12(9-14(15)19)20-16(21)10-4-6-11(7-5-10)17(22)23-2/h4-9H,3H2,1-2H3,(H,20,21). The lowest BCUT2D eigenvalue weighted by atomic mass is 10.1. The number of amides is 1. The SMILES string of the molecule is CCOc1c(Br)cc(NC(=O)c2ccc(C(=O)OC)cc2)cc1Br. The third-order valence-electron chi connectivity index (χ3n) is 3.11. The number of halogens is 2. The fourth-order valence-corrected chi connectivity index (χ4v) is 3.41. The van der Waals surface area contributed by atoms with E-state index in [1.54, 1.807) is 36.4 Å². The molecule has 5 nitrogen and oxygen atoms in total. The van der Waals surface area contributed by atoms with E-state index in [9.17, 15) is 9.59 Å². The number of ether oxygens (including phenoxy) is 2. The molecule has 0 saturated carbocycles. The zero-order valence-electron chi connectivity index (χ0n) is 13.1. The first-order valence-corrected chi connectivity index (χ1v) is 8.66. The second-order valence-electron chi connectivity index (χ2n) is 4.73. The van der Waals surface area contributed by atoms with Crippen molar-refractivity contribution in [3.05, 3.63) is 56.5 Å². The molecule has 0 unspecified atom stereocenters. The first kappa shape index (κ1) is 18.5. The van der Waals surface area contributed by atoms with Gasteiger partial charge in [0, 0.05) is 11.3 Å². The van der Waals surface area contributed by atoms with Crippen LogP contribution in [-0.4, -0.2) is 25.6 Å². The van der Waals surface area contributed by atoms with E-state index < -0.39 is 5.97 Å². The van der Waals surface area contributed by atoms with Gasteiger partial charge in [-0.25, -0.2) is 4.79 Å². The quantitative estimate of drug-likeness (QED) is 0.665. The number of carbonyl (C=O) groups is 2. The molecule has 0 spiro atoms. The topological polar surface area (TPSA) is 64.6 Å². The first-order chi connectivity index (χ1) is 11.5. The summed E-state index contributed by atoms with van der Waals surface area (Å²) >= 11 is 6.84. The summed E-state index contributed by atoms with van der Waals surface area (Å²) in [5.74, 6) is -0.0476. The summed E-state index contributed by atoms with van der Waals surface area (Å²) in [5, 5.41) is 2.80. The van der Waals surface area contributed by atoms with Crippen molar-refractivity contribution >= 4 is 49.4 Å². The van der Waals surface area contributed by atoms with Gasteiger partial charge in [-0.15, -0.1) is 0 Å². The van der Waals surface area contributed by atoms with Crippen molar-refractivity contribution in [2.24, 2.45) is 0 Å². The van der Waals surface area contributed by atoms with Crippen LogP contribution in [0.4, 0.5) is 5.69 Å². The average Bonchev–Trinajstić information content (AvgIpc) is 2.57. The molecule has 0 bridgehead atoms. The molecule has 0 fully saturated rings. The van der Waals surface area contributed by atoms with Crippen molar-refractivity contribution in [3.8, 4) is 5.75 Å². The number of nitrogens with one attached hydrogen (secondary N) is 1. The molecular formula is C17H15Br2NO4. The summed E-state index contributed by atoms with van der Waals surface area (Å²) in [6.45, 7) is 2.43. The van der Waals surface area contributed by atoms with Crippen molar-refractivity contribution < 1.29 is 19.1 Å². The Morgan fingerprint density at radius 2 is 1.58 bits per heavy atom. The molecule has 2 aromatic rings. The van der Waals surface area contributed by atoms with Crippen LogP contribution < -0.4 is 10.1 Å². The number of carbonyl (C=O) groups excluding carboxylic acids is 2. The first-order valence-electron chi connectivity index (χ1n) is 7.07. The molecule has 0 aromatic heterocycles. The minimum atomic E-state index is -0.443. The van der Waals surface area contributed by atoms with E-state index in [-0.39, 0.29) is 5.91 Å². The van der Waals surface area contributed by atoms with Crippen LogP contribution in [0, 0.1) is 0 Å². The number of benzene rings is 2. The van der Waals surface area contributed by atoms with Gasteiger partial charge in [-0.05, 0) is 75.2 Å². The monoisotopic (exact) mass is 455 g/mol. The molecule has 0 aliphatic carbocycles. The number of hydrogen-bond acceptors (Lipinski definition) is 4. The van der Waals surface area contributed by atoms with Gasteiger partial charge in [0.1, 0.15) is 5.75 Å². The van der Waals surface area contributed by atoms with Gasteiger partial charge >= 0.3 is 5.97 Å². The minimum Gasteiger partial charge on any atom is -0.492 e. The van der Waals surface area contributed by atoms with Crippen molar-refractivity contribution in [2.45, 2.75) is 6.92 Å². The highest BCUT2D eigenvalue weighted by Gasteiger charge is 2.12. The highest BCUT2D eigenvalue weighted by molar-refractivity contribution is 9.11. The van der Waals surface area contributed by atoms with Gasteiger partial charge in [0.2, 0.25) is 0 Å². The number of hydrogen-bond donors (Lipinski definition) is 1. The van der Waals surface area contributed by atoms with Crippen LogP contribution in [0.25, 0.3) is 0 Å². The summed E-state index contributed by atoms with van der Waals surface area (Å²) in [5.41, 5.74) is 1.43. The largest absolute Gasteiger partial charge is 0.492 e. The minimum absolute atomic E-state index is 0.283. The second-order valence-corrected chi connectivity index (χ2v) is 6.43. The van der Waals surface area contributed by atoms with Gasteiger partial charge in [-0.2, -0.15) is 0 Å². The summed E-state index contributed by atoms with van der Waals surface area (Å²) in [6.07, 6.45) is 0. The molecule has 2 aromatic carbocycles. The van der Waals surface area contributed by atoms with E-state index in [0.29, 0.717) is 29.2 Å². The normalized spacial score (nSPS) is 10.2. The highest BCUT2D eigenvalue weighted by atomic mass is 79.9. The molecule has 126 valence electrons. The molecule has 0 heterocycles. The Morgan fingerprint density at radius 3 is 2.08 bits per heavy atom. The van der Waals surface area contributed by atoms with Gasteiger partial charge in [-0.3, -0.25) is 4.79 Å². The zero-order valence-corrected chi connectivity index (χ0v) is 16.2. The average molecular weight is 457 g/mol. The fraction of sp³-hybridized carbons (Fsp3) is 0.176. The van der Waals surface area contributed by atoms with Gasteiger partial charge in [-0.1, -0.05) is 0 Å². The molecule has 1 amide bonds. The van der Waals surface area contributed by atoms with Crippen LogP contribution in [0.1, 0.15) is 27.6 Å². The summed E-state index contributed by atoms with van der Waals surface area (Å²) in [7, 11) is 1.31. The summed E-state index contributed by atoms with van der Waals surface area (Å²) in [4.78, 5) is 23.7. The van der Waals surface area contributed by atoms with Gasteiger partial charge < -0.3 is 14.8 Å². The maximum atomic E-state index is 12.3. The Morgan fingerprint density at radius 1 is 1.04 bits per heavy atom. The van der Waals surface area contributed by atoms with Gasteiger partial charge in [0.25, 0.3) is 5.91 Å². The zero-order chi connectivity index (χ0) is 17.7. The summed E-state index contributed by atoms with van der Waals surface area (Å²) < 4.78 is 11.6. The van der Waals surface area contributed by atoms with E-state index >= 15 is 0 Å². The molecule has 2 rings (SSSR count). The molecular weight excluding hydrogens is 442 g/mol. The Labute approximate surface area is 156 Å². The molecule has 24 heavy (non-hydrogen) atoms. The Hall–Kier alpha value is -1.86. The van der Waals surface area contributed by atoms with Crippen molar-refractivity contribution in [1.82, 2.24) is 0 Å². The molecule has 1 N–H and O–H groups in total. The maximum Gasteiger partial charge on any atom is 0.337 e. The predicted octanol–water partition coefficient (Wildman–Crippen LogP) is 4.65. The van der Waals surface area contributed by atoms with Crippen molar-refractivity contribution in [1.29, 1.82) is 0 Å². The molecule has 0 aliphatic rings. The van der Waals surface area contributed by atoms with Crippen LogP contribution >= 0.6 is 31.9 Å². The lowest BCUT2D eigenvalue weighted by molar-refractivity contribution is 0.0600. The van der Waals surface area contributed by atoms with Crippen LogP contribution in [0.3, 0.4) is 0 Å². The highest BCUT2D eigenvalue weighted by Crippen LogP contribution is 2.36. The van der Waals surface area contributed by atoms with E-state index in [4.69, 9.17) is 4.74 Å². The lowest BCUT2D eigenvalue weighted by Gasteiger charge is -2.12.